The molecule has 1 saturated carbocycles. The summed E-state index contributed by atoms with van der Waals surface area (Å²) in [4.78, 5) is 23.4. The van der Waals surface area contributed by atoms with Crippen molar-refractivity contribution in [1.29, 1.82) is 0 Å². The minimum atomic E-state index is -3.45. The summed E-state index contributed by atoms with van der Waals surface area (Å²) >= 11 is 1.24. The Labute approximate surface area is 200 Å². The van der Waals surface area contributed by atoms with Gasteiger partial charge in [-0.25, -0.2) is 8.42 Å². The topological polar surface area (TPSA) is 82.5 Å². The summed E-state index contributed by atoms with van der Waals surface area (Å²) in [5.74, 6) is -0.0129. The summed E-state index contributed by atoms with van der Waals surface area (Å²) in [7, 11) is -3.45. The van der Waals surface area contributed by atoms with E-state index >= 15 is 0 Å². The number of hydrogen-bond donors (Lipinski definition) is 0. The molecule has 5 rings (SSSR count). The lowest BCUT2D eigenvalue weighted by Crippen LogP contribution is -2.53. The SMILES string of the molecule is O=C(C1=NOC2(CCN(S(=O)(=O)c3cccs3)CC2)C1)N1CCN(C2CCCCCC2)CC1. The molecule has 3 aliphatic heterocycles. The predicted molar refractivity (Wildman–Crippen MR) is 128 cm³/mol. The van der Waals surface area contributed by atoms with Gasteiger partial charge in [-0.1, -0.05) is 36.9 Å². The lowest BCUT2D eigenvalue weighted by atomic mass is 9.87. The molecule has 0 unspecified atom stereocenters. The van der Waals surface area contributed by atoms with E-state index in [1.807, 2.05) is 4.90 Å². The molecule has 1 spiro atoms. The van der Waals surface area contributed by atoms with Crippen LogP contribution >= 0.6 is 11.3 Å². The van der Waals surface area contributed by atoms with Crippen molar-refractivity contribution in [3.63, 3.8) is 0 Å². The Morgan fingerprint density at radius 2 is 1.73 bits per heavy atom. The van der Waals surface area contributed by atoms with Crippen LogP contribution in [0.15, 0.2) is 26.9 Å². The summed E-state index contributed by atoms with van der Waals surface area (Å²) < 4.78 is 27.5. The molecular formula is C23H34N4O4S2. The number of rotatable bonds is 4. The van der Waals surface area contributed by atoms with Crippen molar-refractivity contribution < 1.29 is 18.0 Å². The van der Waals surface area contributed by atoms with Crippen LogP contribution < -0.4 is 0 Å². The van der Waals surface area contributed by atoms with Crippen molar-refractivity contribution in [3.05, 3.63) is 17.5 Å². The maximum Gasteiger partial charge on any atom is 0.271 e. The molecule has 8 nitrogen and oxygen atoms in total. The van der Waals surface area contributed by atoms with Gasteiger partial charge in [0.05, 0.1) is 0 Å². The molecule has 1 aromatic heterocycles. The van der Waals surface area contributed by atoms with Crippen LogP contribution in [0.3, 0.4) is 0 Å². The Bertz CT molecular complexity index is 955. The number of thiophene rings is 1. The zero-order chi connectivity index (χ0) is 22.9. The van der Waals surface area contributed by atoms with E-state index in [-0.39, 0.29) is 5.91 Å². The number of amides is 1. The number of carbonyl (C=O) groups is 1. The number of carbonyl (C=O) groups excluding carboxylic acids is 1. The lowest BCUT2D eigenvalue weighted by molar-refractivity contribution is -0.126. The van der Waals surface area contributed by atoms with Crippen LogP contribution in [0.4, 0.5) is 0 Å². The van der Waals surface area contributed by atoms with Crippen molar-refractivity contribution in [2.24, 2.45) is 5.16 Å². The van der Waals surface area contributed by atoms with Crippen molar-refractivity contribution in [1.82, 2.24) is 14.1 Å². The van der Waals surface area contributed by atoms with Crippen LogP contribution in [0, 0.1) is 0 Å². The molecule has 10 heteroatoms. The Hall–Kier alpha value is -1.49. The molecular weight excluding hydrogens is 460 g/mol. The Balaban J connectivity index is 1.12. The number of hydrogen-bond acceptors (Lipinski definition) is 7. The molecule has 0 bridgehead atoms. The van der Waals surface area contributed by atoms with E-state index in [0.717, 1.165) is 26.2 Å². The Morgan fingerprint density at radius 1 is 1.03 bits per heavy atom. The third-order valence-electron chi connectivity index (χ3n) is 7.75. The van der Waals surface area contributed by atoms with Crippen LogP contribution in [0.1, 0.15) is 57.8 Å². The third kappa shape index (κ3) is 4.85. The van der Waals surface area contributed by atoms with Gasteiger partial charge < -0.3 is 9.74 Å². The van der Waals surface area contributed by atoms with E-state index in [1.54, 1.807) is 17.5 Å². The van der Waals surface area contributed by atoms with Crippen molar-refractivity contribution >= 4 is 33.0 Å². The maximum atomic E-state index is 13.1. The fourth-order valence-electron chi connectivity index (χ4n) is 5.67. The minimum Gasteiger partial charge on any atom is -0.388 e. The molecule has 3 fully saturated rings. The largest absolute Gasteiger partial charge is 0.388 e. The van der Waals surface area contributed by atoms with Gasteiger partial charge in [0.1, 0.15) is 15.5 Å². The van der Waals surface area contributed by atoms with Gasteiger partial charge in [0.15, 0.2) is 0 Å². The van der Waals surface area contributed by atoms with Gasteiger partial charge in [0, 0.05) is 64.6 Å². The summed E-state index contributed by atoms with van der Waals surface area (Å²) in [6, 6.07) is 4.08. The van der Waals surface area contributed by atoms with Gasteiger partial charge in [-0.3, -0.25) is 9.69 Å². The summed E-state index contributed by atoms with van der Waals surface area (Å²) in [6.07, 6.45) is 9.51. The van der Waals surface area contributed by atoms with Crippen LogP contribution in [0.5, 0.6) is 0 Å². The lowest BCUT2D eigenvalue weighted by Gasteiger charge is -2.39. The van der Waals surface area contributed by atoms with Crippen LogP contribution in [0.2, 0.25) is 0 Å². The molecule has 1 amide bonds. The van der Waals surface area contributed by atoms with E-state index in [9.17, 15) is 13.2 Å². The summed E-state index contributed by atoms with van der Waals surface area (Å²) in [6.45, 7) is 4.13. The number of oxime groups is 1. The van der Waals surface area contributed by atoms with Crippen molar-refractivity contribution in [3.8, 4) is 0 Å². The van der Waals surface area contributed by atoms with Crippen molar-refractivity contribution in [2.45, 2.75) is 73.6 Å². The van der Waals surface area contributed by atoms with E-state index in [4.69, 9.17) is 4.84 Å². The second-order valence-electron chi connectivity index (χ2n) is 9.80. The van der Waals surface area contributed by atoms with E-state index in [0.29, 0.717) is 48.3 Å². The average molecular weight is 495 g/mol. The van der Waals surface area contributed by atoms with Gasteiger partial charge in [-0.05, 0) is 24.3 Å². The Morgan fingerprint density at radius 3 is 2.36 bits per heavy atom. The zero-order valence-corrected chi connectivity index (χ0v) is 20.8. The molecule has 0 aromatic carbocycles. The molecule has 0 atom stereocenters. The van der Waals surface area contributed by atoms with E-state index < -0.39 is 15.6 Å². The number of sulfonamides is 1. The van der Waals surface area contributed by atoms with Gasteiger partial charge in [-0.2, -0.15) is 4.31 Å². The minimum absolute atomic E-state index is 0.0129. The van der Waals surface area contributed by atoms with Gasteiger partial charge in [0.2, 0.25) is 0 Å². The molecule has 4 aliphatic rings. The normalized spacial score (nSPS) is 25.6. The third-order valence-corrected chi connectivity index (χ3v) is 11.0. The molecule has 2 saturated heterocycles. The van der Waals surface area contributed by atoms with Crippen LogP contribution in [0.25, 0.3) is 0 Å². The highest BCUT2D eigenvalue weighted by molar-refractivity contribution is 7.91. The number of piperidine rings is 1. The predicted octanol–water partition coefficient (Wildman–Crippen LogP) is 2.91. The van der Waals surface area contributed by atoms with Crippen LogP contribution in [-0.4, -0.2) is 85.1 Å². The smallest absolute Gasteiger partial charge is 0.271 e. The molecule has 1 aromatic rings. The quantitative estimate of drug-likeness (QED) is 0.601. The van der Waals surface area contributed by atoms with Gasteiger partial charge in [0.25, 0.3) is 15.9 Å². The molecule has 182 valence electrons. The van der Waals surface area contributed by atoms with Gasteiger partial charge >= 0.3 is 0 Å². The van der Waals surface area contributed by atoms with Crippen molar-refractivity contribution in [2.75, 3.05) is 39.3 Å². The first-order valence-corrected chi connectivity index (χ1v) is 14.6. The number of piperazine rings is 1. The number of nitrogens with zero attached hydrogens (tertiary/aromatic N) is 4. The second kappa shape index (κ2) is 9.64. The molecule has 0 radical (unpaired) electrons. The average Bonchev–Trinajstić information content (AvgIpc) is 3.44. The monoisotopic (exact) mass is 494 g/mol. The van der Waals surface area contributed by atoms with E-state index in [2.05, 4.69) is 10.1 Å². The first-order valence-electron chi connectivity index (χ1n) is 12.3. The molecule has 0 N–H and O–H groups in total. The second-order valence-corrected chi connectivity index (χ2v) is 12.9. The van der Waals surface area contributed by atoms with Gasteiger partial charge in [-0.15, -0.1) is 11.3 Å². The molecule has 33 heavy (non-hydrogen) atoms. The maximum absolute atomic E-state index is 13.1. The Kier molecular flexibility index (Phi) is 6.79. The summed E-state index contributed by atoms with van der Waals surface area (Å²) in [5.41, 5.74) is -0.0540. The zero-order valence-electron chi connectivity index (χ0n) is 19.2. The highest BCUT2D eigenvalue weighted by Gasteiger charge is 2.46. The first-order chi connectivity index (χ1) is 16.0. The fourth-order valence-corrected chi connectivity index (χ4v) is 8.26. The van der Waals surface area contributed by atoms with E-state index in [1.165, 1.54) is 54.2 Å². The summed E-state index contributed by atoms with van der Waals surface area (Å²) in [5, 5.41) is 5.97. The first kappa shape index (κ1) is 23.3. The molecule has 1 aliphatic carbocycles. The van der Waals surface area contributed by atoms with Crippen LogP contribution in [-0.2, 0) is 19.7 Å². The fraction of sp³-hybridized carbons (Fsp3) is 0.739. The molecule has 4 heterocycles. The highest BCUT2D eigenvalue weighted by Crippen LogP contribution is 2.37. The highest BCUT2D eigenvalue weighted by atomic mass is 32.2. The standard InChI is InChI=1S/C23H34N4O4S2/c28-22(26-15-13-25(14-16-26)19-6-3-1-2-4-7-19)20-18-23(31-24-20)9-11-27(12-10-23)33(29,30)21-8-5-17-32-21/h5,8,17,19H,1-4,6-7,9-16,18H2.